The number of ether oxygens (including phenoxy) is 2. The first kappa shape index (κ1) is 43.2. The van der Waals surface area contributed by atoms with E-state index < -0.39 is 83.5 Å². The molecule has 2 aromatic rings. The van der Waals surface area contributed by atoms with Crippen LogP contribution in [0.5, 0.6) is 0 Å². The van der Waals surface area contributed by atoms with Crippen molar-refractivity contribution in [2.45, 2.75) is 90.6 Å². The molecular weight excluding hydrogens is 774 g/mol. The van der Waals surface area contributed by atoms with E-state index in [1.807, 2.05) is 0 Å². The molecule has 2 unspecified atom stereocenters. The molecule has 0 amide bonds. The molecule has 0 aliphatic carbocycles. The first-order valence-electron chi connectivity index (χ1n) is 16.5. The summed E-state index contributed by atoms with van der Waals surface area (Å²) in [4.78, 5) is 48.7. The summed E-state index contributed by atoms with van der Waals surface area (Å²) in [6.07, 6.45) is -12.1. The Morgan fingerprint density at radius 2 is 1.22 bits per heavy atom. The fourth-order valence-corrected chi connectivity index (χ4v) is 8.10. The molecule has 288 valence electrons. The van der Waals surface area contributed by atoms with Crippen LogP contribution in [0.25, 0.3) is 11.2 Å². The van der Waals surface area contributed by atoms with E-state index in [1.54, 1.807) is 9.80 Å². The van der Waals surface area contributed by atoms with Gasteiger partial charge in [0, 0.05) is 0 Å². The molecule has 2 fully saturated rings. The molecule has 6 N–H and O–H groups in total. The molecule has 0 spiro atoms. The monoisotopic (exact) mass is 822 g/mol. The van der Waals surface area contributed by atoms with Gasteiger partial charge in [0.2, 0.25) is 0 Å². The van der Waals surface area contributed by atoms with Crippen molar-refractivity contribution in [2.24, 2.45) is 0 Å². The first-order valence-corrected chi connectivity index (χ1v) is 20.2. The summed E-state index contributed by atoms with van der Waals surface area (Å²) in [5, 5.41) is 41.5. The number of aliphatic hydroxyl groups is 4. The molecule has 4 aliphatic rings. The molecule has 0 aromatic carbocycles. The number of fused-ring (bicyclic) bond motifs is 7. The second-order valence-electron chi connectivity index (χ2n) is 11.7. The van der Waals surface area contributed by atoms with Gasteiger partial charge < -0.3 is 58.5 Å². The molecule has 23 heteroatoms. The highest BCUT2D eigenvalue weighted by Crippen LogP contribution is 2.56. The molecule has 6 heterocycles. The van der Waals surface area contributed by atoms with Crippen molar-refractivity contribution >= 4 is 42.7 Å². The summed E-state index contributed by atoms with van der Waals surface area (Å²) < 4.78 is 49.7. The van der Waals surface area contributed by atoms with Crippen LogP contribution in [0.15, 0.2) is 15.9 Å². The Morgan fingerprint density at radius 3 is 1.64 bits per heavy atom. The standard InChI is InChI=1S/C15H19BrN4O14P2.2C6H15N/c16-15-18-6-11-17-3-19(12(6)25)13-9(23)7(21)4(32-13)1-30-35(26,27)34-36(28,29)31-2-5-8(22)10(24)14(33-5)20(11)15;2*1-4-7(5-2)6-3/h3-5,7-10,13-14,21-24H,1-2H2,(H,26,27)(H,28,29);2*4-6H2,1-3H3/t4-,5-,7-,8-,9-,10-,13-,14-;;/m1../s1. The van der Waals surface area contributed by atoms with E-state index in [4.69, 9.17) is 9.47 Å². The molecule has 0 radical (unpaired) electrons. The number of hydrogen-bond acceptors (Lipinski definition) is 16. The summed E-state index contributed by atoms with van der Waals surface area (Å²) in [5.41, 5.74) is -1.27. The lowest BCUT2D eigenvalue weighted by atomic mass is 10.1. The van der Waals surface area contributed by atoms with Gasteiger partial charge in [0.15, 0.2) is 28.4 Å². The lowest BCUT2D eigenvalue weighted by Gasteiger charge is -2.32. The lowest BCUT2D eigenvalue weighted by molar-refractivity contribution is -0.894. The van der Waals surface area contributed by atoms with E-state index in [-0.39, 0.29) is 15.9 Å². The number of aromatic nitrogens is 4. The Bertz CT molecular complexity index is 1520. The van der Waals surface area contributed by atoms with E-state index in [0.29, 0.717) is 0 Å². The number of nitrogens with zero attached hydrogens (tertiary/aromatic N) is 4. The predicted molar refractivity (Wildman–Crippen MR) is 175 cm³/mol. The molecule has 6 rings (SSSR count). The summed E-state index contributed by atoms with van der Waals surface area (Å²) in [5.74, 6) is 0. The Labute approximate surface area is 297 Å². The van der Waals surface area contributed by atoms with Crippen LogP contribution in [0.4, 0.5) is 0 Å². The third kappa shape index (κ3) is 10.2. The minimum absolute atomic E-state index is 0.0695. The number of imidazole rings is 1. The summed E-state index contributed by atoms with van der Waals surface area (Å²) >= 11 is 3.12. The van der Waals surface area contributed by atoms with Crippen molar-refractivity contribution in [1.29, 1.82) is 0 Å². The van der Waals surface area contributed by atoms with Gasteiger partial charge in [0.05, 0.1) is 52.5 Å². The number of phosphoric acid groups is 2. The van der Waals surface area contributed by atoms with Crippen molar-refractivity contribution in [3.63, 3.8) is 0 Å². The largest absolute Gasteiger partial charge is 0.756 e. The van der Waals surface area contributed by atoms with Gasteiger partial charge >= 0.3 is 0 Å². The van der Waals surface area contributed by atoms with Gasteiger partial charge in [-0.25, -0.2) is 14.3 Å². The van der Waals surface area contributed by atoms with Crippen LogP contribution in [0.1, 0.15) is 54.0 Å². The first-order chi connectivity index (χ1) is 23.5. The van der Waals surface area contributed by atoms with Gasteiger partial charge in [-0.3, -0.25) is 23.1 Å². The van der Waals surface area contributed by atoms with Gasteiger partial charge in [-0.1, -0.05) is 0 Å². The third-order valence-corrected chi connectivity index (χ3v) is 11.9. The number of quaternary nitrogens is 2. The number of phosphoric ester groups is 2. The molecule has 0 saturated carbocycles. The highest BCUT2D eigenvalue weighted by atomic mass is 79.9. The summed E-state index contributed by atoms with van der Waals surface area (Å²) in [6.45, 7) is 19.0. The van der Waals surface area contributed by atoms with Crippen LogP contribution >= 0.6 is 31.6 Å². The molecule has 50 heavy (non-hydrogen) atoms. The predicted octanol–water partition coefficient (Wildman–Crippen LogP) is -3.54. The van der Waals surface area contributed by atoms with Crippen molar-refractivity contribution in [1.82, 2.24) is 19.1 Å². The van der Waals surface area contributed by atoms with Crippen molar-refractivity contribution in [3.8, 4) is 0 Å². The van der Waals surface area contributed by atoms with Crippen molar-refractivity contribution in [3.05, 3.63) is 21.4 Å². The molecule has 2 aromatic heterocycles. The molecule has 10 atom stereocenters. The fourth-order valence-electron chi connectivity index (χ4n) is 5.54. The maximum absolute atomic E-state index is 13.1. The Hall–Kier alpha value is -1.23. The number of halogens is 1. The molecule has 8 bridgehead atoms. The third-order valence-electron chi connectivity index (χ3n) is 8.78. The minimum Gasteiger partial charge on any atom is -0.756 e. The smallest absolute Gasteiger partial charge is 0.283 e. The molecule has 20 nitrogen and oxygen atoms in total. The number of aliphatic hydroxyl groups excluding tert-OH is 4. The van der Waals surface area contributed by atoms with Gasteiger partial charge in [0.25, 0.3) is 21.2 Å². The SMILES string of the molecule is CC[NH+](CC)CC.CC[NH+](CC)CC.O=c1c2nc(Br)n3c2ncn1[C@@H]1O[C@H](COP(=O)([O-])OP(=O)([O-])OC[C@H]2O[C@@H]3[C@H](O)[C@@H]2O)[C@@H](O)[C@H]1O. The van der Waals surface area contributed by atoms with E-state index in [0.717, 1.165) is 15.5 Å². The van der Waals surface area contributed by atoms with Crippen LogP contribution < -0.4 is 25.1 Å². The second kappa shape index (κ2) is 18.7. The van der Waals surface area contributed by atoms with Crippen molar-refractivity contribution < 1.29 is 72.0 Å². The molecular formula is C27H49BrN6O14P2. The Morgan fingerprint density at radius 1 is 0.800 bits per heavy atom. The van der Waals surface area contributed by atoms with Crippen LogP contribution in [0.2, 0.25) is 0 Å². The van der Waals surface area contributed by atoms with Crippen LogP contribution in [-0.4, -0.2) is 129 Å². The normalized spacial score (nSPS) is 34.4. The average Bonchev–Trinajstić information content (AvgIpc) is 3.66. The Balaban J connectivity index is 0.000000408. The second-order valence-corrected chi connectivity index (χ2v) is 15.3. The number of rotatable bonds is 6. The average molecular weight is 824 g/mol. The number of nitrogens with one attached hydrogen (secondary N) is 2. The summed E-state index contributed by atoms with van der Waals surface area (Å²) in [7, 11) is -11.2. The maximum atomic E-state index is 13.1. The lowest BCUT2D eigenvalue weighted by Crippen LogP contribution is -3.11. The maximum Gasteiger partial charge on any atom is 0.283 e. The van der Waals surface area contributed by atoms with E-state index in [1.165, 1.54) is 39.3 Å². The van der Waals surface area contributed by atoms with E-state index in [2.05, 4.69) is 80.8 Å². The highest BCUT2D eigenvalue weighted by Gasteiger charge is 2.47. The van der Waals surface area contributed by atoms with Crippen molar-refractivity contribution in [2.75, 3.05) is 52.5 Å². The van der Waals surface area contributed by atoms with Gasteiger partial charge in [-0.15, -0.1) is 0 Å². The van der Waals surface area contributed by atoms with E-state index in [9.17, 15) is 44.1 Å². The topological polar surface area (TPSA) is 269 Å². The Kier molecular flexibility index (Phi) is 16.1. The zero-order valence-corrected chi connectivity index (χ0v) is 32.2. The van der Waals surface area contributed by atoms with Gasteiger partial charge in [0.1, 0.15) is 43.0 Å². The van der Waals surface area contributed by atoms with Gasteiger partial charge in [-0.2, -0.15) is 0 Å². The van der Waals surface area contributed by atoms with Crippen LogP contribution in [0, 0.1) is 0 Å². The zero-order valence-electron chi connectivity index (χ0n) is 28.8. The highest BCUT2D eigenvalue weighted by molar-refractivity contribution is 9.10. The fraction of sp³-hybridized carbons (Fsp3) is 0.815. The van der Waals surface area contributed by atoms with Crippen LogP contribution in [-0.2, 0) is 32.0 Å². The molecule has 2 saturated heterocycles. The van der Waals surface area contributed by atoms with E-state index >= 15 is 0 Å². The zero-order chi connectivity index (χ0) is 37.6. The summed E-state index contributed by atoms with van der Waals surface area (Å²) in [6, 6.07) is 0. The quantitative estimate of drug-likeness (QED) is 0.122. The number of hydrogen-bond donors (Lipinski definition) is 6. The van der Waals surface area contributed by atoms with Crippen LogP contribution in [0.3, 0.4) is 0 Å². The molecule has 4 aliphatic heterocycles. The van der Waals surface area contributed by atoms with Gasteiger partial charge in [-0.05, 0) is 57.5 Å². The minimum atomic E-state index is -5.61.